The average molecular weight is 491 g/mol. The molecule has 6 nitrogen and oxygen atoms in total. The summed E-state index contributed by atoms with van der Waals surface area (Å²) < 4.78 is 31.0. The van der Waals surface area contributed by atoms with Gasteiger partial charge in [-0.2, -0.15) is 0 Å². The van der Waals surface area contributed by atoms with Crippen LogP contribution in [0.2, 0.25) is 0 Å². The largest absolute Gasteiger partial charge is 0.493 e. The molecule has 5 rings (SSSR count). The molecule has 2 aliphatic rings. The van der Waals surface area contributed by atoms with Crippen molar-refractivity contribution in [3.05, 3.63) is 83.7 Å². The van der Waals surface area contributed by atoms with E-state index in [0.29, 0.717) is 32.8 Å². The third kappa shape index (κ3) is 4.94. The van der Waals surface area contributed by atoms with Crippen LogP contribution >= 0.6 is 0 Å². The predicted octanol–water partition coefficient (Wildman–Crippen LogP) is 5.64. The Morgan fingerprint density at radius 3 is 2.56 bits per heavy atom. The van der Waals surface area contributed by atoms with Gasteiger partial charge in [0.2, 0.25) is 0 Å². The number of likely N-dealkylation sites (tertiary alicyclic amines) is 1. The van der Waals surface area contributed by atoms with Crippen LogP contribution in [0.5, 0.6) is 5.75 Å². The van der Waals surface area contributed by atoms with E-state index in [2.05, 4.69) is 17.0 Å². The van der Waals surface area contributed by atoms with Crippen molar-refractivity contribution in [3.63, 3.8) is 0 Å². The number of nitrogens with zero attached hydrogens (tertiary/aromatic N) is 2. The average Bonchev–Trinajstić information content (AvgIpc) is 3.42. The summed E-state index contributed by atoms with van der Waals surface area (Å²) in [7, 11) is 1.67. The summed E-state index contributed by atoms with van der Waals surface area (Å²) in [4.78, 5) is 16.7. The molecule has 0 bridgehead atoms. The Morgan fingerprint density at radius 2 is 1.83 bits per heavy atom. The van der Waals surface area contributed by atoms with Gasteiger partial charge in [-0.15, -0.1) is 0 Å². The molecule has 7 heteroatoms. The quantitative estimate of drug-likeness (QED) is 0.409. The van der Waals surface area contributed by atoms with Crippen molar-refractivity contribution < 1.29 is 23.4 Å². The fourth-order valence-corrected chi connectivity index (χ4v) is 5.27. The fourth-order valence-electron chi connectivity index (χ4n) is 5.27. The third-order valence-electron chi connectivity index (χ3n) is 6.82. The fraction of sp³-hybridized carbons (Fsp3) is 0.345. The minimum atomic E-state index is -0.501. The van der Waals surface area contributed by atoms with Gasteiger partial charge in [-0.1, -0.05) is 36.4 Å². The Balaban J connectivity index is 1.37. The lowest BCUT2D eigenvalue weighted by Gasteiger charge is -2.23. The van der Waals surface area contributed by atoms with Crippen molar-refractivity contribution >= 4 is 11.8 Å². The van der Waals surface area contributed by atoms with Crippen molar-refractivity contribution in [1.29, 1.82) is 0 Å². The first-order chi connectivity index (χ1) is 17.5. The maximum atomic E-state index is 13.6. The Hall–Kier alpha value is -3.42. The summed E-state index contributed by atoms with van der Waals surface area (Å²) >= 11 is 0. The Kier molecular flexibility index (Phi) is 6.94. The maximum absolute atomic E-state index is 13.6. The number of benzene rings is 3. The molecule has 0 N–H and O–H groups in total. The second-order valence-corrected chi connectivity index (χ2v) is 9.43. The van der Waals surface area contributed by atoms with Gasteiger partial charge in [0.05, 0.1) is 19.8 Å². The normalized spacial score (nSPS) is 19.8. The molecule has 0 saturated carbocycles. The van der Waals surface area contributed by atoms with E-state index in [4.69, 9.17) is 14.2 Å². The van der Waals surface area contributed by atoms with E-state index in [9.17, 15) is 9.18 Å². The Morgan fingerprint density at radius 1 is 1.06 bits per heavy atom. The Labute approximate surface area is 211 Å². The lowest BCUT2D eigenvalue weighted by atomic mass is 9.96. The van der Waals surface area contributed by atoms with Gasteiger partial charge in [-0.3, -0.25) is 9.80 Å². The van der Waals surface area contributed by atoms with E-state index in [1.54, 1.807) is 24.1 Å². The third-order valence-corrected chi connectivity index (χ3v) is 6.82. The standard InChI is InChI=1S/C29H31FN2O4/c1-3-35-26-16-21(15-23(18-34-2)27(26)22-9-11-24(30)12-10-22)17-31-14-13-29(19-31)20-32(28(33)36-29)25-7-5-4-6-8-25/h4-12,15-16H,3,13-14,17-20H2,1-2H3. The van der Waals surface area contributed by atoms with Crippen LogP contribution in [0.15, 0.2) is 66.7 Å². The maximum Gasteiger partial charge on any atom is 0.415 e. The van der Waals surface area contributed by atoms with E-state index < -0.39 is 5.60 Å². The number of hydrogen-bond acceptors (Lipinski definition) is 5. The zero-order valence-corrected chi connectivity index (χ0v) is 20.7. The number of carbonyl (C=O) groups excluding carboxylic acids is 1. The molecular weight excluding hydrogens is 459 g/mol. The number of carbonyl (C=O) groups is 1. The number of rotatable bonds is 8. The lowest BCUT2D eigenvalue weighted by Crippen LogP contribution is -2.37. The van der Waals surface area contributed by atoms with E-state index in [1.807, 2.05) is 37.3 Å². The van der Waals surface area contributed by atoms with Gasteiger partial charge in [0.25, 0.3) is 0 Å². The molecule has 3 aromatic carbocycles. The number of para-hydroxylation sites is 1. The molecule has 3 aromatic rings. The van der Waals surface area contributed by atoms with Crippen LogP contribution in [0.4, 0.5) is 14.9 Å². The Bertz CT molecular complexity index is 1190. The minimum Gasteiger partial charge on any atom is -0.493 e. The zero-order chi connectivity index (χ0) is 25.1. The molecule has 0 radical (unpaired) electrons. The topological polar surface area (TPSA) is 51.2 Å². The van der Waals surface area contributed by atoms with Gasteiger partial charge in [0.15, 0.2) is 0 Å². The number of amides is 1. The van der Waals surface area contributed by atoms with Gasteiger partial charge in [-0.25, -0.2) is 9.18 Å². The SMILES string of the molecule is CCOc1cc(CN2CCC3(C2)CN(c2ccccc2)C(=O)O3)cc(COC)c1-c1ccc(F)cc1. The number of anilines is 1. The highest BCUT2D eigenvalue weighted by molar-refractivity contribution is 5.90. The van der Waals surface area contributed by atoms with Gasteiger partial charge in [0, 0.05) is 44.4 Å². The minimum absolute atomic E-state index is 0.275. The van der Waals surface area contributed by atoms with Gasteiger partial charge < -0.3 is 14.2 Å². The van der Waals surface area contributed by atoms with E-state index in [-0.39, 0.29) is 11.9 Å². The van der Waals surface area contributed by atoms with E-state index in [1.165, 1.54) is 12.1 Å². The number of halogens is 1. The number of ether oxygens (including phenoxy) is 3. The summed E-state index contributed by atoms with van der Waals surface area (Å²) in [6.07, 6.45) is 0.506. The molecule has 2 saturated heterocycles. The molecule has 2 aliphatic heterocycles. The first kappa shape index (κ1) is 24.3. The smallest absolute Gasteiger partial charge is 0.415 e. The highest BCUT2D eigenvalue weighted by Crippen LogP contribution is 2.38. The van der Waals surface area contributed by atoms with E-state index in [0.717, 1.165) is 46.7 Å². The first-order valence-electron chi connectivity index (χ1n) is 12.3. The molecular formula is C29H31FN2O4. The van der Waals surface area contributed by atoms with Crippen LogP contribution < -0.4 is 9.64 Å². The zero-order valence-electron chi connectivity index (χ0n) is 20.7. The first-order valence-corrected chi connectivity index (χ1v) is 12.3. The molecule has 188 valence electrons. The van der Waals surface area contributed by atoms with E-state index >= 15 is 0 Å². The van der Waals surface area contributed by atoms with Crippen molar-refractivity contribution in [1.82, 2.24) is 4.90 Å². The summed E-state index contributed by atoms with van der Waals surface area (Å²) in [6.45, 7) is 5.63. The molecule has 2 fully saturated rings. The number of hydrogen-bond donors (Lipinski definition) is 0. The molecule has 1 amide bonds. The monoisotopic (exact) mass is 490 g/mol. The molecule has 0 aliphatic carbocycles. The summed E-state index contributed by atoms with van der Waals surface area (Å²) in [5, 5.41) is 0. The number of methoxy groups -OCH3 is 1. The van der Waals surface area contributed by atoms with Crippen molar-refractivity contribution in [2.24, 2.45) is 0 Å². The second-order valence-electron chi connectivity index (χ2n) is 9.43. The lowest BCUT2D eigenvalue weighted by molar-refractivity contribution is 0.0629. The van der Waals surface area contributed by atoms with Crippen LogP contribution in [-0.2, 0) is 22.6 Å². The van der Waals surface area contributed by atoms with Crippen molar-refractivity contribution in [2.75, 3.05) is 38.3 Å². The van der Waals surface area contributed by atoms with Crippen molar-refractivity contribution in [3.8, 4) is 16.9 Å². The summed E-state index contributed by atoms with van der Waals surface area (Å²) in [5.74, 6) is 0.480. The van der Waals surface area contributed by atoms with Crippen LogP contribution in [0, 0.1) is 5.82 Å². The highest BCUT2D eigenvalue weighted by atomic mass is 19.1. The van der Waals surface area contributed by atoms with Gasteiger partial charge in [-0.05, 0) is 53.9 Å². The van der Waals surface area contributed by atoms with Gasteiger partial charge >= 0.3 is 6.09 Å². The predicted molar refractivity (Wildman–Crippen MR) is 137 cm³/mol. The molecule has 1 atom stereocenters. The van der Waals surface area contributed by atoms with Crippen molar-refractivity contribution in [2.45, 2.75) is 32.1 Å². The molecule has 1 unspecified atom stereocenters. The van der Waals surface area contributed by atoms with Crippen LogP contribution in [0.1, 0.15) is 24.5 Å². The molecule has 2 heterocycles. The second kappa shape index (κ2) is 10.3. The highest BCUT2D eigenvalue weighted by Gasteiger charge is 2.49. The van der Waals surface area contributed by atoms with Crippen LogP contribution in [-0.4, -0.2) is 49.9 Å². The summed E-state index contributed by atoms with van der Waals surface area (Å²) in [6, 6.07) is 20.3. The van der Waals surface area contributed by atoms with Crippen LogP contribution in [0.25, 0.3) is 11.1 Å². The molecule has 0 aromatic heterocycles. The van der Waals surface area contributed by atoms with Crippen LogP contribution in [0.3, 0.4) is 0 Å². The summed E-state index contributed by atoms with van der Waals surface area (Å²) in [5.41, 5.74) is 4.25. The molecule has 1 spiro atoms. The van der Waals surface area contributed by atoms with Gasteiger partial charge in [0.1, 0.15) is 17.2 Å². The molecule has 36 heavy (non-hydrogen) atoms.